The van der Waals surface area contributed by atoms with Crippen molar-refractivity contribution in [3.05, 3.63) is 46.5 Å². The summed E-state index contributed by atoms with van der Waals surface area (Å²) in [5.41, 5.74) is 6.29. The lowest BCUT2D eigenvalue weighted by Gasteiger charge is -2.22. The third-order valence-electron chi connectivity index (χ3n) is 2.68. The predicted octanol–water partition coefficient (Wildman–Crippen LogP) is 2.14. The standard InChI is InChI=1S/C11H12ClFN2/c1-11(5-10(14)15-6-11)8-3-2-7(13)4-9(8)12/h2-5,15H,6,14H2,1H3. The van der Waals surface area contributed by atoms with Crippen LogP contribution in [0.25, 0.3) is 0 Å². The van der Waals surface area contributed by atoms with E-state index in [1.165, 1.54) is 12.1 Å². The summed E-state index contributed by atoms with van der Waals surface area (Å²) in [5.74, 6) is 0.313. The van der Waals surface area contributed by atoms with Crippen LogP contribution in [-0.2, 0) is 5.41 Å². The van der Waals surface area contributed by atoms with Gasteiger partial charge in [0.1, 0.15) is 5.82 Å². The predicted molar refractivity (Wildman–Crippen MR) is 59.0 cm³/mol. The highest BCUT2D eigenvalue weighted by Gasteiger charge is 2.31. The van der Waals surface area contributed by atoms with Gasteiger partial charge in [-0.25, -0.2) is 4.39 Å². The van der Waals surface area contributed by atoms with Gasteiger partial charge in [-0.05, 0) is 23.8 Å². The third-order valence-corrected chi connectivity index (χ3v) is 2.99. The molecule has 2 nitrogen and oxygen atoms in total. The van der Waals surface area contributed by atoms with Crippen LogP contribution in [0, 0.1) is 5.82 Å². The van der Waals surface area contributed by atoms with Crippen molar-refractivity contribution in [1.82, 2.24) is 5.32 Å². The average Bonchev–Trinajstić information content (AvgIpc) is 2.46. The summed E-state index contributed by atoms with van der Waals surface area (Å²) in [6, 6.07) is 4.44. The average molecular weight is 227 g/mol. The highest BCUT2D eigenvalue weighted by atomic mass is 35.5. The first-order chi connectivity index (χ1) is 7.01. The highest BCUT2D eigenvalue weighted by molar-refractivity contribution is 6.31. The molecule has 0 spiro atoms. The number of benzene rings is 1. The summed E-state index contributed by atoms with van der Waals surface area (Å²) in [5, 5.41) is 3.47. The van der Waals surface area contributed by atoms with Crippen LogP contribution in [0.3, 0.4) is 0 Å². The molecule has 1 heterocycles. The summed E-state index contributed by atoms with van der Waals surface area (Å²) >= 11 is 6.01. The smallest absolute Gasteiger partial charge is 0.124 e. The maximum absolute atomic E-state index is 12.9. The first kappa shape index (κ1) is 10.3. The van der Waals surface area contributed by atoms with E-state index in [4.69, 9.17) is 17.3 Å². The quantitative estimate of drug-likeness (QED) is 0.770. The van der Waals surface area contributed by atoms with E-state index in [1.807, 2.05) is 13.0 Å². The van der Waals surface area contributed by atoms with E-state index in [2.05, 4.69) is 5.32 Å². The second-order valence-corrected chi connectivity index (χ2v) is 4.40. The molecule has 0 amide bonds. The molecule has 0 fully saturated rings. The molecular weight excluding hydrogens is 215 g/mol. The van der Waals surface area contributed by atoms with Crippen molar-refractivity contribution in [3.8, 4) is 0 Å². The summed E-state index contributed by atoms with van der Waals surface area (Å²) in [4.78, 5) is 0. The molecule has 1 aromatic rings. The molecule has 3 N–H and O–H groups in total. The van der Waals surface area contributed by atoms with Crippen LogP contribution >= 0.6 is 11.6 Å². The van der Waals surface area contributed by atoms with E-state index >= 15 is 0 Å². The first-order valence-electron chi connectivity index (χ1n) is 4.69. The molecule has 1 aliphatic rings. The fourth-order valence-corrected chi connectivity index (χ4v) is 2.24. The van der Waals surface area contributed by atoms with Crippen molar-refractivity contribution in [2.75, 3.05) is 6.54 Å². The molecule has 15 heavy (non-hydrogen) atoms. The zero-order chi connectivity index (χ0) is 11.1. The number of rotatable bonds is 1. The molecule has 0 bridgehead atoms. The molecule has 1 aromatic carbocycles. The van der Waals surface area contributed by atoms with Crippen molar-refractivity contribution >= 4 is 11.6 Å². The van der Waals surface area contributed by atoms with Crippen LogP contribution < -0.4 is 11.1 Å². The molecule has 0 saturated heterocycles. The highest BCUT2D eigenvalue weighted by Crippen LogP contribution is 2.34. The van der Waals surface area contributed by atoms with Crippen molar-refractivity contribution in [3.63, 3.8) is 0 Å². The molecule has 0 saturated carbocycles. The minimum Gasteiger partial charge on any atom is -0.386 e. The van der Waals surface area contributed by atoms with Crippen LogP contribution in [0.4, 0.5) is 4.39 Å². The summed E-state index contributed by atoms with van der Waals surface area (Å²) in [6.07, 6.45) is 1.91. The maximum atomic E-state index is 12.9. The van der Waals surface area contributed by atoms with Gasteiger partial charge >= 0.3 is 0 Å². The summed E-state index contributed by atoms with van der Waals surface area (Å²) in [7, 11) is 0. The van der Waals surface area contributed by atoms with Crippen LogP contribution in [0.2, 0.25) is 5.02 Å². The van der Waals surface area contributed by atoms with Gasteiger partial charge in [0.05, 0.1) is 5.82 Å². The first-order valence-corrected chi connectivity index (χ1v) is 5.07. The van der Waals surface area contributed by atoms with Crippen LogP contribution in [0.1, 0.15) is 12.5 Å². The Morgan fingerprint density at radius 3 is 2.80 bits per heavy atom. The summed E-state index contributed by atoms with van der Waals surface area (Å²) in [6.45, 7) is 2.70. The van der Waals surface area contributed by atoms with Gasteiger partial charge < -0.3 is 11.1 Å². The van der Waals surface area contributed by atoms with E-state index in [9.17, 15) is 4.39 Å². The monoisotopic (exact) mass is 226 g/mol. The number of hydrogen-bond acceptors (Lipinski definition) is 2. The normalized spacial score (nSPS) is 24.9. The third kappa shape index (κ3) is 1.79. The molecule has 80 valence electrons. The second-order valence-electron chi connectivity index (χ2n) is 3.99. The number of nitrogens with one attached hydrogen (secondary N) is 1. The lowest BCUT2D eigenvalue weighted by molar-refractivity contribution is 0.593. The fraction of sp³-hybridized carbons (Fsp3) is 0.273. The van der Waals surface area contributed by atoms with E-state index in [-0.39, 0.29) is 11.2 Å². The second kappa shape index (κ2) is 3.42. The molecule has 0 aliphatic carbocycles. The molecule has 2 rings (SSSR count). The van der Waals surface area contributed by atoms with Gasteiger partial charge in [-0.2, -0.15) is 0 Å². The van der Waals surface area contributed by atoms with Crippen molar-refractivity contribution in [2.24, 2.45) is 5.73 Å². The van der Waals surface area contributed by atoms with Gasteiger partial charge in [-0.15, -0.1) is 0 Å². The molecular formula is C11H12ClFN2. The Kier molecular flexibility index (Phi) is 2.35. The van der Waals surface area contributed by atoms with Crippen molar-refractivity contribution in [1.29, 1.82) is 0 Å². The Labute approximate surface area is 92.9 Å². The minimum atomic E-state index is -0.324. The maximum Gasteiger partial charge on any atom is 0.124 e. The van der Waals surface area contributed by atoms with Crippen LogP contribution in [0.5, 0.6) is 0 Å². The van der Waals surface area contributed by atoms with E-state index in [1.54, 1.807) is 6.07 Å². The van der Waals surface area contributed by atoms with Gasteiger partial charge in [0.25, 0.3) is 0 Å². The Morgan fingerprint density at radius 1 is 1.53 bits per heavy atom. The minimum absolute atomic E-state index is 0.255. The number of nitrogens with two attached hydrogens (primary N) is 1. The lowest BCUT2D eigenvalue weighted by Crippen LogP contribution is -2.27. The molecule has 0 aromatic heterocycles. The Bertz CT molecular complexity index is 431. The van der Waals surface area contributed by atoms with Crippen molar-refractivity contribution in [2.45, 2.75) is 12.3 Å². The van der Waals surface area contributed by atoms with Crippen molar-refractivity contribution < 1.29 is 4.39 Å². The Balaban J connectivity index is 2.46. The Hall–Kier alpha value is -1.22. The number of halogens is 2. The zero-order valence-electron chi connectivity index (χ0n) is 8.35. The topological polar surface area (TPSA) is 38.0 Å². The lowest BCUT2D eigenvalue weighted by atomic mass is 9.84. The Morgan fingerprint density at radius 2 is 2.27 bits per heavy atom. The zero-order valence-corrected chi connectivity index (χ0v) is 9.11. The van der Waals surface area contributed by atoms with E-state index in [0.717, 1.165) is 5.56 Å². The van der Waals surface area contributed by atoms with Gasteiger partial charge in [0.15, 0.2) is 0 Å². The molecule has 1 unspecified atom stereocenters. The van der Waals surface area contributed by atoms with Crippen LogP contribution in [0.15, 0.2) is 30.1 Å². The van der Waals surface area contributed by atoms with E-state index in [0.29, 0.717) is 17.4 Å². The molecule has 1 atom stereocenters. The summed E-state index contributed by atoms with van der Waals surface area (Å²) < 4.78 is 12.9. The van der Waals surface area contributed by atoms with Gasteiger partial charge in [-0.1, -0.05) is 24.6 Å². The van der Waals surface area contributed by atoms with E-state index < -0.39 is 0 Å². The van der Waals surface area contributed by atoms with Gasteiger partial charge in [0.2, 0.25) is 0 Å². The fourth-order valence-electron chi connectivity index (χ4n) is 1.86. The largest absolute Gasteiger partial charge is 0.386 e. The molecule has 4 heteroatoms. The molecule has 1 aliphatic heterocycles. The van der Waals surface area contributed by atoms with Crippen LogP contribution in [-0.4, -0.2) is 6.54 Å². The van der Waals surface area contributed by atoms with Gasteiger partial charge in [-0.3, -0.25) is 0 Å². The molecule has 0 radical (unpaired) electrons. The van der Waals surface area contributed by atoms with Gasteiger partial charge in [0, 0.05) is 17.0 Å². The SMILES string of the molecule is CC1(c2ccc(F)cc2Cl)C=C(N)NC1. The number of hydrogen-bond donors (Lipinski definition) is 2.